The maximum Gasteiger partial charge on any atom is 0.0624 e. The second-order valence-corrected chi connectivity index (χ2v) is 5.73. The van der Waals surface area contributed by atoms with Gasteiger partial charge in [0, 0.05) is 12.1 Å². The van der Waals surface area contributed by atoms with Crippen molar-refractivity contribution in [3.8, 4) is 0 Å². The molecule has 0 aliphatic carbocycles. The molecule has 2 atom stereocenters. The van der Waals surface area contributed by atoms with Crippen LogP contribution in [0, 0.1) is 0 Å². The van der Waals surface area contributed by atoms with Gasteiger partial charge in [0.15, 0.2) is 0 Å². The average molecular weight is 272 g/mol. The monoisotopic (exact) mass is 271 g/mol. The smallest absolute Gasteiger partial charge is 0.0624 e. The lowest BCUT2D eigenvalue weighted by molar-refractivity contribution is 0.322. The number of benzene rings is 1. The van der Waals surface area contributed by atoms with E-state index in [1.807, 2.05) is 12.1 Å². The van der Waals surface area contributed by atoms with Crippen LogP contribution < -0.4 is 5.32 Å². The van der Waals surface area contributed by atoms with Crippen LogP contribution in [0.25, 0.3) is 0 Å². The Morgan fingerprint density at radius 2 is 2.12 bits per heavy atom. The molecule has 0 bridgehead atoms. The lowest BCUT2D eigenvalue weighted by Gasteiger charge is -2.28. The molecule has 0 aromatic heterocycles. The van der Waals surface area contributed by atoms with E-state index in [2.05, 4.69) is 18.3 Å². The van der Waals surface area contributed by atoms with Gasteiger partial charge in [-0.25, -0.2) is 0 Å². The third-order valence-corrected chi connectivity index (χ3v) is 4.36. The number of hydrogen-bond acceptors (Lipinski definition) is 1. The molecule has 1 aromatic rings. The summed E-state index contributed by atoms with van der Waals surface area (Å²) in [7, 11) is 0. The van der Waals surface area contributed by atoms with Gasteiger partial charge in [0.05, 0.1) is 10.0 Å². The van der Waals surface area contributed by atoms with E-state index in [1.165, 1.54) is 24.8 Å². The fourth-order valence-electron chi connectivity index (χ4n) is 2.54. The van der Waals surface area contributed by atoms with Crippen LogP contribution in [0.5, 0.6) is 0 Å². The van der Waals surface area contributed by atoms with E-state index >= 15 is 0 Å². The van der Waals surface area contributed by atoms with E-state index < -0.39 is 0 Å². The predicted octanol–water partition coefficient (Wildman–Crippen LogP) is 4.46. The Morgan fingerprint density at radius 1 is 1.29 bits per heavy atom. The zero-order chi connectivity index (χ0) is 12.3. The van der Waals surface area contributed by atoms with E-state index in [0.717, 1.165) is 17.9 Å². The Labute approximate surface area is 114 Å². The van der Waals surface area contributed by atoms with Crippen LogP contribution >= 0.6 is 23.2 Å². The molecule has 1 nitrogen and oxygen atoms in total. The second-order valence-electron chi connectivity index (χ2n) is 4.95. The molecule has 0 saturated carbocycles. The van der Waals surface area contributed by atoms with E-state index in [1.54, 1.807) is 0 Å². The summed E-state index contributed by atoms with van der Waals surface area (Å²) in [5.74, 6) is 0. The Bertz CT molecular complexity index is 378. The number of halogens is 2. The number of aryl methyl sites for hydroxylation is 1. The zero-order valence-electron chi connectivity index (χ0n) is 10.2. The highest BCUT2D eigenvalue weighted by Gasteiger charge is 2.17. The Balaban J connectivity index is 1.91. The van der Waals surface area contributed by atoms with Crippen LogP contribution in [0.2, 0.25) is 10.0 Å². The van der Waals surface area contributed by atoms with Crippen molar-refractivity contribution < 1.29 is 0 Å². The first-order valence-corrected chi connectivity index (χ1v) is 7.11. The normalized spacial score (nSPS) is 24.9. The first-order chi connectivity index (χ1) is 8.16. The van der Waals surface area contributed by atoms with Crippen LogP contribution in [0.3, 0.4) is 0 Å². The van der Waals surface area contributed by atoms with Crippen LogP contribution in [0.15, 0.2) is 18.2 Å². The van der Waals surface area contributed by atoms with Gasteiger partial charge in [0.1, 0.15) is 0 Å². The van der Waals surface area contributed by atoms with E-state index in [-0.39, 0.29) is 0 Å². The first-order valence-electron chi connectivity index (χ1n) is 6.35. The molecule has 0 radical (unpaired) electrons. The summed E-state index contributed by atoms with van der Waals surface area (Å²) < 4.78 is 0. The minimum absolute atomic E-state index is 0.633. The van der Waals surface area contributed by atoms with Gasteiger partial charge in [-0.15, -0.1) is 0 Å². The summed E-state index contributed by atoms with van der Waals surface area (Å²) in [6, 6.07) is 7.17. The quantitative estimate of drug-likeness (QED) is 0.856. The topological polar surface area (TPSA) is 12.0 Å². The van der Waals surface area contributed by atoms with Crippen molar-refractivity contribution in [1.82, 2.24) is 5.32 Å². The molecule has 17 heavy (non-hydrogen) atoms. The molecule has 94 valence electrons. The van der Waals surface area contributed by atoms with E-state index in [9.17, 15) is 0 Å². The molecule has 0 amide bonds. The molecule has 1 fully saturated rings. The summed E-state index contributed by atoms with van der Waals surface area (Å²) in [5, 5.41) is 5.03. The van der Waals surface area contributed by atoms with Gasteiger partial charge in [-0.1, -0.05) is 41.8 Å². The minimum atomic E-state index is 0.633. The van der Waals surface area contributed by atoms with Crippen LogP contribution in [-0.2, 0) is 6.42 Å². The minimum Gasteiger partial charge on any atom is -0.311 e. The average Bonchev–Trinajstić information content (AvgIpc) is 2.31. The van der Waals surface area contributed by atoms with Crippen LogP contribution in [0.1, 0.15) is 38.2 Å². The number of piperidine rings is 1. The van der Waals surface area contributed by atoms with Crippen molar-refractivity contribution in [1.29, 1.82) is 0 Å². The number of rotatable bonds is 3. The van der Waals surface area contributed by atoms with Gasteiger partial charge in [-0.05, 0) is 44.2 Å². The third kappa shape index (κ3) is 3.61. The molecular weight excluding hydrogens is 253 g/mol. The van der Waals surface area contributed by atoms with Crippen molar-refractivity contribution in [3.63, 3.8) is 0 Å². The van der Waals surface area contributed by atoms with Crippen LogP contribution in [-0.4, -0.2) is 12.1 Å². The highest BCUT2D eigenvalue weighted by molar-refractivity contribution is 6.42. The molecule has 0 spiro atoms. The SMILES string of the molecule is CC1CCCC(CCc2cccc(Cl)c2Cl)N1. The van der Waals surface area contributed by atoms with E-state index in [4.69, 9.17) is 23.2 Å². The zero-order valence-corrected chi connectivity index (χ0v) is 11.7. The predicted molar refractivity (Wildman–Crippen MR) is 75.0 cm³/mol. The summed E-state index contributed by atoms with van der Waals surface area (Å²) in [6.45, 7) is 2.26. The molecule has 2 rings (SSSR count). The number of nitrogens with one attached hydrogen (secondary N) is 1. The van der Waals surface area contributed by atoms with Gasteiger partial charge < -0.3 is 5.32 Å². The summed E-state index contributed by atoms with van der Waals surface area (Å²) in [4.78, 5) is 0. The lowest BCUT2D eigenvalue weighted by Crippen LogP contribution is -2.40. The van der Waals surface area contributed by atoms with Gasteiger partial charge in [-0.3, -0.25) is 0 Å². The van der Waals surface area contributed by atoms with Crippen molar-refractivity contribution in [2.45, 2.75) is 51.1 Å². The molecule has 1 aromatic carbocycles. The maximum atomic E-state index is 6.19. The van der Waals surface area contributed by atoms with Gasteiger partial charge in [0.2, 0.25) is 0 Å². The summed E-state index contributed by atoms with van der Waals surface area (Å²) in [6.07, 6.45) is 6.06. The summed E-state index contributed by atoms with van der Waals surface area (Å²) >= 11 is 12.2. The molecule has 1 heterocycles. The molecular formula is C14H19Cl2N. The summed E-state index contributed by atoms with van der Waals surface area (Å²) in [5.41, 5.74) is 1.17. The van der Waals surface area contributed by atoms with Gasteiger partial charge in [-0.2, -0.15) is 0 Å². The molecule has 3 heteroatoms. The standard InChI is InChI=1S/C14H19Cl2N/c1-10-4-2-6-12(17-10)9-8-11-5-3-7-13(15)14(11)16/h3,5,7,10,12,17H,2,4,6,8-9H2,1H3. The van der Waals surface area contributed by atoms with Crippen molar-refractivity contribution in [3.05, 3.63) is 33.8 Å². The van der Waals surface area contributed by atoms with Crippen molar-refractivity contribution >= 4 is 23.2 Å². The fourth-order valence-corrected chi connectivity index (χ4v) is 2.95. The van der Waals surface area contributed by atoms with Gasteiger partial charge in [0.25, 0.3) is 0 Å². The molecule has 1 N–H and O–H groups in total. The Morgan fingerprint density at radius 3 is 2.88 bits per heavy atom. The fraction of sp³-hybridized carbons (Fsp3) is 0.571. The van der Waals surface area contributed by atoms with Crippen molar-refractivity contribution in [2.24, 2.45) is 0 Å². The third-order valence-electron chi connectivity index (χ3n) is 3.50. The second kappa shape index (κ2) is 6.08. The molecule has 1 saturated heterocycles. The van der Waals surface area contributed by atoms with E-state index in [0.29, 0.717) is 17.1 Å². The number of hydrogen-bond donors (Lipinski definition) is 1. The molecule has 2 unspecified atom stereocenters. The highest BCUT2D eigenvalue weighted by Crippen LogP contribution is 2.27. The van der Waals surface area contributed by atoms with Gasteiger partial charge >= 0.3 is 0 Å². The molecule has 1 aliphatic rings. The Hall–Kier alpha value is -0.240. The first kappa shape index (κ1) is 13.2. The largest absolute Gasteiger partial charge is 0.311 e. The lowest BCUT2D eigenvalue weighted by atomic mass is 9.95. The van der Waals surface area contributed by atoms with Crippen LogP contribution in [0.4, 0.5) is 0 Å². The maximum absolute atomic E-state index is 6.19. The highest BCUT2D eigenvalue weighted by atomic mass is 35.5. The van der Waals surface area contributed by atoms with Crippen molar-refractivity contribution in [2.75, 3.05) is 0 Å². The molecule has 1 aliphatic heterocycles. The Kier molecular flexibility index (Phi) is 4.72.